The largest absolute Gasteiger partial charge is 0.497 e. The minimum absolute atomic E-state index is 0.305. The second-order valence-corrected chi connectivity index (χ2v) is 5.86. The van der Waals surface area contributed by atoms with Gasteiger partial charge in [-0.3, -0.25) is 9.79 Å². The monoisotopic (exact) mass is 354 g/mol. The summed E-state index contributed by atoms with van der Waals surface area (Å²) in [6, 6.07) is 10.9. The van der Waals surface area contributed by atoms with Crippen LogP contribution < -0.4 is 14.8 Å². The molecule has 1 fully saturated rings. The number of methoxy groups -OCH3 is 2. The average Bonchev–Trinajstić information content (AvgIpc) is 3.27. The number of hydrogen-bond donors (Lipinski definition) is 1. The summed E-state index contributed by atoms with van der Waals surface area (Å²) in [4.78, 5) is 16.8. The molecule has 2 aromatic carbocycles. The first kappa shape index (κ1) is 16.6. The number of carbonyl (C=O) groups is 1. The Hall–Kier alpha value is -2.90. The van der Waals surface area contributed by atoms with Gasteiger partial charge in [0.2, 0.25) is 0 Å². The van der Waals surface area contributed by atoms with Crippen LogP contribution in [0.5, 0.6) is 11.5 Å². The van der Waals surface area contributed by atoms with Gasteiger partial charge in [-0.05, 0) is 36.4 Å². The van der Waals surface area contributed by atoms with Crippen LogP contribution in [0.4, 0.5) is 11.4 Å². The standard InChI is InChI=1S/C19H18N2O5/c1-23-14-4-6-17(24-2)12(9-14)11-20-13-3-5-16-15(10-13)19(18(22)21-16)25-7-8-26-19/h3-6,9-11H,7-8H2,1-2H3,(H,21,22). The summed E-state index contributed by atoms with van der Waals surface area (Å²) < 4.78 is 21.8. The molecule has 1 amide bonds. The SMILES string of the molecule is COc1ccc(OC)c(C=Nc2ccc3c(c2)C2(OCCO2)C(=O)N3)c1. The molecule has 7 heteroatoms. The van der Waals surface area contributed by atoms with E-state index < -0.39 is 5.79 Å². The minimum Gasteiger partial charge on any atom is -0.497 e. The smallest absolute Gasteiger partial charge is 0.289 e. The van der Waals surface area contributed by atoms with Gasteiger partial charge in [-0.15, -0.1) is 0 Å². The Morgan fingerprint density at radius 3 is 2.65 bits per heavy atom. The molecule has 134 valence electrons. The van der Waals surface area contributed by atoms with Gasteiger partial charge in [-0.2, -0.15) is 0 Å². The van der Waals surface area contributed by atoms with Gasteiger partial charge in [0.05, 0.1) is 38.8 Å². The number of nitrogens with one attached hydrogen (secondary N) is 1. The molecule has 7 nitrogen and oxygen atoms in total. The van der Waals surface area contributed by atoms with Gasteiger partial charge in [0.25, 0.3) is 11.7 Å². The number of amides is 1. The zero-order valence-corrected chi connectivity index (χ0v) is 14.4. The summed E-state index contributed by atoms with van der Waals surface area (Å²) in [7, 11) is 3.21. The van der Waals surface area contributed by atoms with E-state index in [4.69, 9.17) is 18.9 Å². The van der Waals surface area contributed by atoms with Gasteiger partial charge in [-0.1, -0.05) is 0 Å². The van der Waals surface area contributed by atoms with Crippen molar-refractivity contribution in [2.45, 2.75) is 5.79 Å². The lowest BCUT2D eigenvalue weighted by atomic mass is 10.1. The number of nitrogens with zero attached hydrogens (tertiary/aromatic N) is 1. The Bertz CT molecular complexity index is 887. The van der Waals surface area contributed by atoms with E-state index in [0.717, 1.165) is 5.56 Å². The number of aliphatic imine (C=N–C) groups is 1. The van der Waals surface area contributed by atoms with Crippen LogP contribution in [0.1, 0.15) is 11.1 Å². The number of carbonyl (C=O) groups excluding carboxylic acids is 1. The fraction of sp³-hybridized carbons (Fsp3) is 0.263. The minimum atomic E-state index is -1.35. The molecule has 1 N–H and O–H groups in total. The summed E-state index contributed by atoms with van der Waals surface area (Å²) in [5.41, 5.74) is 2.77. The van der Waals surface area contributed by atoms with Gasteiger partial charge in [0.15, 0.2) is 0 Å². The number of rotatable bonds is 4. The Balaban J connectivity index is 1.68. The Kier molecular flexibility index (Phi) is 4.10. The highest BCUT2D eigenvalue weighted by Gasteiger charge is 2.52. The predicted octanol–water partition coefficient (Wildman–Crippen LogP) is 2.61. The molecule has 0 atom stereocenters. The zero-order valence-electron chi connectivity index (χ0n) is 14.4. The molecule has 2 aliphatic rings. The summed E-state index contributed by atoms with van der Waals surface area (Å²) in [6.07, 6.45) is 1.69. The first-order valence-electron chi connectivity index (χ1n) is 8.16. The molecule has 0 saturated carbocycles. The van der Waals surface area contributed by atoms with Crippen LogP contribution >= 0.6 is 0 Å². The van der Waals surface area contributed by atoms with Crippen molar-refractivity contribution in [1.29, 1.82) is 0 Å². The van der Waals surface area contributed by atoms with E-state index in [1.807, 2.05) is 24.3 Å². The molecule has 1 spiro atoms. The van der Waals surface area contributed by atoms with Gasteiger partial charge >= 0.3 is 0 Å². The van der Waals surface area contributed by atoms with E-state index in [1.54, 1.807) is 32.6 Å². The van der Waals surface area contributed by atoms with Crippen molar-refractivity contribution in [3.05, 3.63) is 47.5 Å². The van der Waals surface area contributed by atoms with Crippen molar-refractivity contribution in [1.82, 2.24) is 0 Å². The Morgan fingerprint density at radius 2 is 1.92 bits per heavy atom. The van der Waals surface area contributed by atoms with Crippen LogP contribution in [0.15, 0.2) is 41.4 Å². The molecular formula is C19H18N2O5. The number of ether oxygens (including phenoxy) is 4. The van der Waals surface area contributed by atoms with Crippen molar-refractivity contribution in [3.8, 4) is 11.5 Å². The van der Waals surface area contributed by atoms with E-state index in [1.165, 1.54) is 0 Å². The highest BCUT2D eigenvalue weighted by atomic mass is 16.7. The summed E-state index contributed by atoms with van der Waals surface area (Å²) in [5.74, 6) is -0.260. The van der Waals surface area contributed by atoms with Crippen molar-refractivity contribution in [3.63, 3.8) is 0 Å². The maximum absolute atomic E-state index is 12.3. The predicted molar refractivity (Wildman–Crippen MR) is 95.5 cm³/mol. The molecule has 2 aliphatic heterocycles. The normalized spacial score (nSPS) is 17.5. The molecule has 4 rings (SSSR count). The lowest BCUT2D eigenvalue weighted by Gasteiger charge is -2.19. The van der Waals surface area contributed by atoms with Crippen molar-refractivity contribution in [2.75, 3.05) is 32.8 Å². The van der Waals surface area contributed by atoms with Crippen LogP contribution in [0.3, 0.4) is 0 Å². The molecule has 0 bridgehead atoms. The van der Waals surface area contributed by atoms with Crippen LogP contribution in [-0.2, 0) is 20.1 Å². The number of fused-ring (bicyclic) bond motifs is 2. The molecule has 0 radical (unpaired) electrons. The van der Waals surface area contributed by atoms with Gasteiger partial charge in [0, 0.05) is 17.3 Å². The van der Waals surface area contributed by atoms with Gasteiger partial charge < -0.3 is 24.3 Å². The zero-order chi connectivity index (χ0) is 18.1. The van der Waals surface area contributed by atoms with E-state index in [-0.39, 0.29) is 5.91 Å². The van der Waals surface area contributed by atoms with Crippen molar-refractivity contribution < 1.29 is 23.7 Å². The van der Waals surface area contributed by atoms with E-state index in [0.29, 0.717) is 41.7 Å². The third-order valence-corrected chi connectivity index (χ3v) is 4.39. The summed E-state index contributed by atoms with van der Waals surface area (Å²) >= 11 is 0. The first-order chi connectivity index (χ1) is 12.7. The van der Waals surface area contributed by atoms with Gasteiger partial charge in [-0.25, -0.2) is 0 Å². The highest BCUT2D eigenvalue weighted by Crippen LogP contribution is 2.43. The molecule has 26 heavy (non-hydrogen) atoms. The van der Waals surface area contributed by atoms with Crippen LogP contribution in [-0.4, -0.2) is 39.6 Å². The van der Waals surface area contributed by atoms with Crippen LogP contribution in [0.25, 0.3) is 0 Å². The van der Waals surface area contributed by atoms with E-state index in [9.17, 15) is 4.79 Å². The van der Waals surface area contributed by atoms with Gasteiger partial charge in [0.1, 0.15) is 11.5 Å². The summed E-state index contributed by atoms with van der Waals surface area (Å²) in [6.45, 7) is 0.753. The first-order valence-corrected chi connectivity index (χ1v) is 8.16. The Morgan fingerprint density at radius 1 is 1.12 bits per heavy atom. The summed E-state index contributed by atoms with van der Waals surface area (Å²) in [5, 5.41) is 2.79. The van der Waals surface area contributed by atoms with Crippen molar-refractivity contribution in [2.24, 2.45) is 4.99 Å². The van der Waals surface area contributed by atoms with Crippen LogP contribution in [0, 0.1) is 0 Å². The fourth-order valence-corrected chi connectivity index (χ4v) is 3.10. The number of anilines is 1. The average molecular weight is 354 g/mol. The molecule has 1 saturated heterocycles. The maximum Gasteiger partial charge on any atom is 0.289 e. The molecule has 0 unspecified atom stereocenters. The lowest BCUT2D eigenvalue weighted by molar-refractivity contribution is -0.178. The molecule has 0 aliphatic carbocycles. The van der Waals surface area contributed by atoms with Crippen molar-refractivity contribution >= 4 is 23.5 Å². The van der Waals surface area contributed by atoms with E-state index >= 15 is 0 Å². The topological polar surface area (TPSA) is 78.4 Å². The lowest BCUT2D eigenvalue weighted by Crippen LogP contribution is -2.35. The van der Waals surface area contributed by atoms with Crippen LogP contribution in [0.2, 0.25) is 0 Å². The Labute approximate surface area is 150 Å². The fourth-order valence-electron chi connectivity index (χ4n) is 3.10. The third kappa shape index (κ3) is 2.61. The number of benzene rings is 2. The highest BCUT2D eigenvalue weighted by molar-refractivity contribution is 6.04. The third-order valence-electron chi connectivity index (χ3n) is 4.39. The number of hydrogen-bond acceptors (Lipinski definition) is 6. The maximum atomic E-state index is 12.3. The molecule has 2 heterocycles. The molecule has 2 aromatic rings. The molecule has 0 aromatic heterocycles. The van der Waals surface area contributed by atoms with E-state index in [2.05, 4.69) is 10.3 Å². The second kappa shape index (κ2) is 6.44. The molecular weight excluding hydrogens is 336 g/mol. The second-order valence-electron chi connectivity index (χ2n) is 5.86. The quantitative estimate of drug-likeness (QED) is 0.854.